The first-order chi connectivity index (χ1) is 14.9. The molecule has 0 aliphatic carbocycles. The van der Waals surface area contributed by atoms with Gasteiger partial charge in [-0.25, -0.2) is 23.2 Å². The van der Waals surface area contributed by atoms with E-state index in [1.165, 1.54) is 11.2 Å². The second kappa shape index (κ2) is 8.96. The molecule has 0 aliphatic rings. The Hall–Kier alpha value is -3.46. The Morgan fingerprint density at radius 1 is 1.03 bits per heavy atom. The van der Waals surface area contributed by atoms with E-state index in [-0.39, 0.29) is 11.4 Å². The average molecular weight is 455 g/mol. The van der Waals surface area contributed by atoms with E-state index in [0.717, 1.165) is 16.8 Å². The van der Waals surface area contributed by atoms with E-state index in [9.17, 15) is 18.3 Å². The molecule has 0 radical (unpaired) electrons. The van der Waals surface area contributed by atoms with E-state index in [1.54, 1.807) is 36.5 Å². The van der Waals surface area contributed by atoms with E-state index in [4.69, 9.17) is 0 Å². The van der Waals surface area contributed by atoms with Gasteiger partial charge in [-0.3, -0.25) is 4.90 Å². The highest BCUT2D eigenvalue weighted by Gasteiger charge is 2.25. The van der Waals surface area contributed by atoms with Gasteiger partial charge >= 0.3 is 6.09 Å². The number of nitrogens with one attached hydrogen (secondary N) is 1. The van der Waals surface area contributed by atoms with E-state index < -0.39 is 21.5 Å². The minimum Gasteiger partial charge on any atom is -0.465 e. The zero-order valence-corrected chi connectivity index (χ0v) is 19.2. The average Bonchev–Trinajstić information content (AvgIpc) is 2.72. The minimum atomic E-state index is -3.26. The number of benzene rings is 2. The van der Waals surface area contributed by atoms with Crippen molar-refractivity contribution >= 4 is 27.6 Å². The zero-order valence-electron chi connectivity index (χ0n) is 18.4. The van der Waals surface area contributed by atoms with E-state index >= 15 is 0 Å². The van der Waals surface area contributed by atoms with Crippen LogP contribution in [0, 0.1) is 0 Å². The van der Waals surface area contributed by atoms with Crippen LogP contribution in [0.25, 0.3) is 11.3 Å². The lowest BCUT2D eigenvalue weighted by molar-refractivity contribution is 0.0955. The molecule has 9 heteroatoms. The van der Waals surface area contributed by atoms with Gasteiger partial charge in [-0.05, 0) is 56.7 Å². The van der Waals surface area contributed by atoms with Crippen molar-refractivity contribution in [3.05, 3.63) is 66.4 Å². The molecule has 1 heterocycles. The molecule has 2 aromatic carbocycles. The van der Waals surface area contributed by atoms with E-state index in [2.05, 4.69) is 15.3 Å². The molecule has 2 N–H and O–H groups in total. The maximum Gasteiger partial charge on any atom is 0.408 e. The number of anilines is 2. The van der Waals surface area contributed by atoms with Gasteiger partial charge < -0.3 is 10.4 Å². The second-order valence-corrected chi connectivity index (χ2v) is 10.4. The molecule has 0 spiro atoms. The molecule has 0 saturated carbocycles. The summed E-state index contributed by atoms with van der Waals surface area (Å²) in [5, 5.41) is 12.6. The molecule has 32 heavy (non-hydrogen) atoms. The molecule has 0 bridgehead atoms. The highest BCUT2D eigenvalue weighted by molar-refractivity contribution is 7.90. The van der Waals surface area contributed by atoms with Crippen molar-refractivity contribution in [2.45, 2.75) is 37.8 Å². The summed E-state index contributed by atoms with van der Waals surface area (Å²) in [7, 11) is -3.26. The highest BCUT2D eigenvalue weighted by Crippen LogP contribution is 2.23. The molecule has 0 saturated heterocycles. The van der Waals surface area contributed by atoms with Gasteiger partial charge in [-0.1, -0.05) is 24.3 Å². The number of hydrogen-bond acceptors (Lipinski definition) is 6. The summed E-state index contributed by atoms with van der Waals surface area (Å²) in [6, 6.07) is 15.7. The van der Waals surface area contributed by atoms with Crippen LogP contribution in [0.5, 0.6) is 0 Å². The lowest BCUT2D eigenvalue weighted by Crippen LogP contribution is -2.44. The van der Waals surface area contributed by atoms with Crippen LogP contribution >= 0.6 is 0 Å². The van der Waals surface area contributed by atoms with Crippen LogP contribution in [0.3, 0.4) is 0 Å². The van der Waals surface area contributed by atoms with Gasteiger partial charge in [-0.15, -0.1) is 0 Å². The number of hydrogen-bond donors (Lipinski definition) is 2. The van der Waals surface area contributed by atoms with E-state index in [1.807, 2.05) is 45.0 Å². The van der Waals surface area contributed by atoms with Crippen molar-refractivity contribution in [2.24, 2.45) is 0 Å². The van der Waals surface area contributed by atoms with Crippen LogP contribution in [0.4, 0.5) is 16.4 Å². The Labute approximate surface area is 187 Å². The fraction of sp³-hybridized carbons (Fsp3) is 0.261. The third-order valence-electron chi connectivity index (χ3n) is 4.83. The smallest absolute Gasteiger partial charge is 0.408 e. The fourth-order valence-corrected chi connectivity index (χ4v) is 3.68. The number of aromatic nitrogens is 2. The SMILES string of the molecule is CC(C)(C)N(Cc1ccc(Nc2nccc(-c3ccc(S(C)(=O)=O)cc3)n2)cc1)C(=O)O. The molecule has 8 nitrogen and oxygen atoms in total. The van der Waals surface area contributed by atoms with Crippen molar-refractivity contribution in [1.82, 2.24) is 14.9 Å². The Morgan fingerprint density at radius 2 is 1.66 bits per heavy atom. The first-order valence-electron chi connectivity index (χ1n) is 9.93. The van der Waals surface area contributed by atoms with E-state index in [0.29, 0.717) is 11.6 Å². The fourth-order valence-electron chi connectivity index (χ4n) is 3.05. The Kier molecular flexibility index (Phi) is 6.50. The van der Waals surface area contributed by atoms with Crippen LogP contribution in [0.15, 0.2) is 65.7 Å². The molecule has 0 atom stereocenters. The van der Waals surface area contributed by atoms with Gasteiger partial charge in [0.05, 0.1) is 10.6 Å². The van der Waals surface area contributed by atoms with Crippen molar-refractivity contribution < 1.29 is 18.3 Å². The number of sulfone groups is 1. The minimum absolute atomic E-state index is 0.252. The second-order valence-electron chi connectivity index (χ2n) is 8.42. The topological polar surface area (TPSA) is 112 Å². The van der Waals surface area contributed by atoms with Crippen LogP contribution in [0.2, 0.25) is 0 Å². The monoisotopic (exact) mass is 454 g/mol. The lowest BCUT2D eigenvalue weighted by Gasteiger charge is -2.33. The Bertz CT molecular complexity index is 1200. The van der Waals surface area contributed by atoms with Gasteiger partial charge in [0, 0.05) is 35.8 Å². The predicted octanol–water partition coefficient (Wildman–Crippen LogP) is 4.57. The summed E-state index contributed by atoms with van der Waals surface area (Å²) in [4.78, 5) is 21.9. The molecular weight excluding hydrogens is 428 g/mol. The predicted molar refractivity (Wildman–Crippen MR) is 124 cm³/mol. The van der Waals surface area contributed by atoms with Gasteiger partial charge in [0.1, 0.15) is 0 Å². The van der Waals surface area contributed by atoms with Crippen molar-refractivity contribution in [3.8, 4) is 11.3 Å². The normalized spacial score (nSPS) is 11.8. The number of amides is 1. The number of carboxylic acid groups (broad SMARTS) is 1. The quantitative estimate of drug-likeness (QED) is 0.561. The molecule has 1 aromatic heterocycles. The molecule has 1 amide bonds. The van der Waals surface area contributed by atoms with Gasteiger partial charge in [0.15, 0.2) is 9.84 Å². The molecule has 0 aliphatic heterocycles. The summed E-state index contributed by atoms with van der Waals surface area (Å²) < 4.78 is 23.3. The van der Waals surface area contributed by atoms with Crippen molar-refractivity contribution in [3.63, 3.8) is 0 Å². The number of rotatable bonds is 6. The standard InChI is InChI=1S/C23H26N4O4S/c1-23(2,3)27(22(28)29)15-16-5-9-18(10-6-16)25-21-24-14-13-20(26-21)17-7-11-19(12-8-17)32(4,30)31/h5-14H,15H2,1-4H3,(H,28,29)(H,24,25,26). The summed E-state index contributed by atoms with van der Waals surface area (Å²) in [6.07, 6.45) is 1.83. The van der Waals surface area contributed by atoms with Gasteiger partial charge in [-0.2, -0.15) is 0 Å². The highest BCUT2D eigenvalue weighted by atomic mass is 32.2. The molecule has 3 rings (SSSR count). The van der Waals surface area contributed by atoms with Crippen LogP contribution in [-0.4, -0.2) is 46.3 Å². The molecule has 0 unspecified atom stereocenters. The first-order valence-corrected chi connectivity index (χ1v) is 11.8. The third-order valence-corrected chi connectivity index (χ3v) is 5.95. The first kappa shape index (κ1) is 23.2. The molecule has 3 aromatic rings. The maximum atomic E-state index is 11.6. The Morgan fingerprint density at radius 3 is 2.19 bits per heavy atom. The van der Waals surface area contributed by atoms with Gasteiger partial charge in [0.25, 0.3) is 0 Å². The summed E-state index contributed by atoms with van der Waals surface area (Å²) in [5.41, 5.74) is 2.55. The summed E-state index contributed by atoms with van der Waals surface area (Å²) in [5.74, 6) is 0.393. The van der Waals surface area contributed by atoms with Crippen LogP contribution in [-0.2, 0) is 16.4 Å². The van der Waals surface area contributed by atoms with Crippen molar-refractivity contribution in [2.75, 3.05) is 11.6 Å². The number of nitrogens with zero attached hydrogens (tertiary/aromatic N) is 3. The Balaban J connectivity index is 1.74. The number of carbonyl (C=O) groups is 1. The molecular formula is C23H26N4O4S. The third kappa shape index (κ3) is 5.82. The summed E-state index contributed by atoms with van der Waals surface area (Å²) in [6.45, 7) is 5.86. The van der Waals surface area contributed by atoms with Gasteiger partial charge in [0.2, 0.25) is 5.95 Å². The maximum absolute atomic E-state index is 11.6. The largest absolute Gasteiger partial charge is 0.465 e. The molecule has 168 valence electrons. The van der Waals surface area contributed by atoms with Crippen molar-refractivity contribution in [1.29, 1.82) is 0 Å². The zero-order chi connectivity index (χ0) is 23.5. The van der Waals surface area contributed by atoms with Crippen LogP contribution in [0.1, 0.15) is 26.3 Å². The molecule has 0 fully saturated rings. The van der Waals surface area contributed by atoms with Crippen LogP contribution < -0.4 is 5.32 Å². The summed E-state index contributed by atoms with van der Waals surface area (Å²) >= 11 is 0. The lowest BCUT2D eigenvalue weighted by atomic mass is 10.1.